The maximum Gasteiger partial charge on any atom is 0.0351 e. The molecule has 2 fully saturated rings. The quantitative estimate of drug-likeness (QED) is 0.607. The highest BCUT2D eigenvalue weighted by Crippen LogP contribution is 2.38. The van der Waals surface area contributed by atoms with Crippen LogP contribution < -0.4 is 0 Å². The van der Waals surface area contributed by atoms with Gasteiger partial charge in [0.05, 0.1) is 0 Å². The third-order valence-corrected chi connectivity index (χ3v) is 3.80. The summed E-state index contributed by atoms with van der Waals surface area (Å²) < 4.78 is 0. The highest BCUT2D eigenvalue weighted by Gasteiger charge is 2.45. The summed E-state index contributed by atoms with van der Waals surface area (Å²) in [5.74, 6) is 0. The highest BCUT2D eigenvalue weighted by atomic mass is 15.3. The van der Waals surface area contributed by atoms with Crippen LogP contribution in [0.3, 0.4) is 0 Å². The number of hydrogen-bond donors (Lipinski definition) is 0. The normalized spacial score (nSPS) is 36.9. The second-order valence-corrected chi connectivity index (χ2v) is 5.10. The van der Waals surface area contributed by atoms with Gasteiger partial charge in [-0.3, -0.25) is 4.90 Å². The molecule has 2 rings (SSSR count). The Hall–Kier alpha value is -0.0800. The van der Waals surface area contributed by atoms with Gasteiger partial charge in [-0.05, 0) is 53.2 Å². The summed E-state index contributed by atoms with van der Waals surface area (Å²) in [5, 5.41) is 0. The Bertz CT molecular complexity index is 191. The molecule has 2 saturated heterocycles. The molecular weight excluding hydrogens is 160 g/mol. The van der Waals surface area contributed by atoms with Gasteiger partial charge in [0, 0.05) is 18.1 Å². The topological polar surface area (TPSA) is 6.48 Å². The van der Waals surface area contributed by atoms with Crippen molar-refractivity contribution in [3.8, 4) is 0 Å². The SMILES string of the molecule is CC(C)N1CCCC12CCN(C)C2. The third-order valence-electron chi connectivity index (χ3n) is 3.80. The Morgan fingerprint density at radius 3 is 2.46 bits per heavy atom. The van der Waals surface area contributed by atoms with Crippen molar-refractivity contribution in [2.75, 3.05) is 26.7 Å². The number of hydrogen-bond acceptors (Lipinski definition) is 2. The van der Waals surface area contributed by atoms with E-state index in [2.05, 4.69) is 30.7 Å². The van der Waals surface area contributed by atoms with Gasteiger partial charge in [0.1, 0.15) is 0 Å². The zero-order valence-electron chi connectivity index (χ0n) is 9.21. The van der Waals surface area contributed by atoms with Crippen LogP contribution in [0.1, 0.15) is 33.1 Å². The molecule has 2 heterocycles. The van der Waals surface area contributed by atoms with E-state index in [1.807, 2.05) is 0 Å². The van der Waals surface area contributed by atoms with E-state index < -0.39 is 0 Å². The lowest BCUT2D eigenvalue weighted by atomic mass is 9.94. The standard InChI is InChI=1S/C11H22N2/c1-10(2)13-7-4-5-11(13)6-8-12(3)9-11/h10H,4-9H2,1-3H3. The minimum absolute atomic E-state index is 0.558. The summed E-state index contributed by atoms with van der Waals surface area (Å²) in [5.41, 5.74) is 0.558. The maximum absolute atomic E-state index is 2.73. The molecule has 1 atom stereocenters. The van der Waals surface area contributed by atoms with E-state index >= 15 is 0 Å². The van der Waals surface area contributed by atoms with Crippen molar-refractivity contribution in [3.63, 3.8) is 0 Å². The van der Waals surface area contributed by atoms with E-state index in [4.69, 9.17) is 0 Å². The third kappa shape index (κ3) is 1.50. The van der Waals surface area contributed by atoms with Crippen molar-refractivity contribution < 1.29 is 0 Å². The van der Waals surface area contributed by atoms with Crippen LogP contribution in [0.2, 0.25) is 0 Å². The summed E-state index contributed by atoms with van der Waals surface area (Å²) in [4.78, 5) is 5.22. The molecule has 0 radical (unpaired) electrons. The molecule has 0 amide bonds. The van der Waals surface area contributed by atoms with Crippen molar-refractivity contribution in [1.82, 2.24) is 9.80 Å². The van der Waals surface area contributed by atoms with Gasteiger partial charge < -0.3 is 4.90 Å². The summed E-state index contributed by atoms with van der Waals surface area (Å²) in [6, 6.07) is 0.731. The molecule has 2 nitrogen and oxygen atoms in total. The van der Waals surface area contributed by atoms with Gasteiger partial charge in [-0.1, -0.05) is 0 Å². The van der Waals surface area contributed by atoms with Crippen LogP contribution in [0, 0.1) is 0 Å². The molecule has 0 bridgehead atoms. The van der Waals surface area contributed by atoms with Gasteiger partial charge in [0.2, 0.25) is 0 Å². The summed E-state index contributed by atoms with van der Waals surface area (Å²) in [7, 11) is 2.26. The predicted molar refractivity (Wildman–Crippen MR) is 55.9 cm³/mol. The fraction of sp³-hybridized carbons (Fsp3) is 1.00. The van der Waals surface area contributed by atoms with Crippen LogP contribution in [-0.2, 0) is 0 Å². The second-order valence-electron chi connectivity index (χ2n) is 5.10. The smallest absolute Gasteiger partial charge is 0.0351 e. The minimum atomic E-state index is 0.558. The molecule has 2 heteroatoms. The minimum Gasteiger partial charge on any atom is -0.304 e. The molecule has 0 aliphatic carbocycles. The average molecular weight is 182 g/mol. The lowest BCUT2D eigenvalue weighted by Gasteiger charge is -2.38. The first-order chi connectivity index (χ1) is 6.14. The molecular formula is C11H22N2. The van der Waals surface area contributed by atoms with Gasteiger partial charge in [-0.15, -0.1) is 0 Å². The lowest BCUT2D eigenvalue weighted by molar-refractivity contribution is 0.109. The van der Waals surface area contributed by atoms with Crippen LogP contribution in [0.4, 0.5) is 0 Å². The average Bonchev–Trinajstić information content (AvgIpc) is 2.60. The lowest BCUT2D eigenvalue weighted by Crippen LogP contribution is -2.49. The van der Waals surface area contributed by atoms with Crippen LogP contribution in [0.5, 0.6) is 0 Å². The number of likely N-dealkylation sites (N-methyl/N-ethyl adjacent to an activating group) is 1. The fourth-order valence-corrected chi connectivity index (χ4v) is 3.26. The largest absolute Gasteiger partial charge is 0.304 e. The van der Waals surface area contributed by atoms with E-state index in [0.717, 1.165) is 6.04 Å². The van der Waals surface area contributed by atoms with Crippen molar-refractivity contribution >= 4 is 0 Å². The Morgan fingerprint density at radius 2 is 1.92 bits per heavy atom. The molecule has 2 aliphatic rings. The van der Waals surface area contributed by atoms with Gasteiger partial charge in [0.25, 0.3) is 0 Å². The number of rotatable bonds is 1. The van der Waals surface area contributed by atoms with E-state index in [1.165, 1.54) is 38.9 Å². The van der Waals surface area contributed by atoms with Crippen LogP contribution in [0.15, 0.2) is 0 Å². The molecule has 0 aromatic heterocycles. The van der Waals surface area contributed by atoms with Crippen molar-refractivity contribution in [1.29, 1.82) is 0 Å². The summed E-state index contributed by atoms with van der Waals surface area (Å²) in [6.07, 6.45) is 4.23. The number of nitrogens with zero attached hydrogens (tertiary/aromatic N) is 2. The Morgan fingerprint density at radius 1 is 1.15 bits per heavy atom. The molecule has 1 unspecified atom stereocenters. The Labute approximate surface area is 81.9 Å². The molecule has 2 aliphatic heterocycles. The van der Waals surface area contributed by atoms with Gasteiger partial charge in [0.15, 0.2) is 0 Å². The molecule has 0 N–H and O–H groups in total. The first-order valence-corrected chi connectivity index (χ1v) is 5.59. The maximum atomic E-state index is 2.73. The molecule has 0 aromatic carbocycles. The van der Waals surface area contributed by atoms with Gasteiger partial charge in [-0.2, -0.15) is 0 Å². The fourth-order valence-electron chi connectivity index (χ4n) is 3.26. The molecule has 0 saturated carbocycles. The monoisotopic (exact) mass is 182 g/mol. The highest BCUT2D eigenvalue weighted by molar-refractivity contribution is 5.02. The summed E-state index contributed by atoms with van der Waals surface area (Å²) in [6.45, 7) is 8.59. The van der Waals surface area contributed by atoms with Gasteiger partial charge >= 0.3 is 0 Å². The molecule has 13 heavy (non-hydrogen) atoms. The van der Waals surface area contributed by atoms with E-state index in [1.54, 1.807) is 0 Å². The van der Waals surface area contributed by atoms with E-state index in [-0.39, 0.29) is 0 Å². The number of likely N-dealkylation sites (tertiary alicyclic amines) is 2. The first-order valence-electron chi connectivity index (χ1n) is 5.59. The summed E-state index contributed by atoms with van der Waals surface area (Å²) >= 11 is 0. The van der Waals surface area contributed by atoms with E-state index in [0.29, 0.717) is 5.54 Å². The van der Waals surface area contributed by atoms with Crippen molar-refractivity contribution in [2.24, 2.45) is 0 Å². The molecule has 76 valence electrons. The Balaban J connectivity index is 2.12. The van der Waals surface area contributed by atoms with Crippen LogP contribution in [0.25, 0.3) is 0 Å². The van der Waals surface area contributed by atoms with Gasteiger partial charge in [-0.25, -0.2) is 0 Å². The predicted octanol–water partition coefficient (Wildman–Crippen LogP) is 1.56. The second kappa shape index (κ2) is 3.25. The zero-order valence-corrected chi connectivity index (χ0v) is 9.21. The molecule has 1 spiro atoms. The van der Waals surface area contributed by atoms with E-state index in [9.17, 15) is 0 Å². The first kappa shape index (κ1) is 9.47. The Kier molecular flexibility index (Phi) is 2.37. The van der Waals surface area contributed by atoms with Crippen molar-refractivity contribution in [3.05, 3.63) is 0 Å². The van der Waals surface area contributed by atoms with Crippen LogP contribution >= 0.6 is 0 Å². The molecule has 0 aromatic rings. The zero-order chi connectivity index (χ0) is 9.47. The van der Waals surface area contributed by atoms with Crippen molar-refractivity contribution in [2.45, 2.75) is 44.7 Å². The van der Waals surface area contributed by atoms with Crippen LogP contribution in [-0.4, -0.2) is 48.1 Å².